The molecule has 1 aromatic heterocycles. The minimum atomic E-state index is 0.271. The third-order valence-electron chi connectivity index (χ3n) is 6.03. The summed E-state index contributed by atoms with van der Waals surface area (Å²) in [5.74, 6) is 1.97. The van der Waals surface area contributed by atoms with Crippen LogP contribution in [-0.2, 0) is 0 Å². The van der Waals surface area contributed by atoms with Crippen molar-refractivity contribution in [3.63, 3.8) is 0 Å². The normalized spacial score (nSPS) is 25.3. The Morgan fingerprint density at radius 2 is 2.08 bits per heavy atom. The largest absolute Gasteiger partial charge is 0.507 e. The fourth-order valence-corrected chi connectivity index (χ4v) is 4.61. The van der Waals surface area contributed by atoms with Gasteiger partial charge >= 0.3 is 0 Å². The lowest BCUT2D eigenvalue weighted by Crippen LogP contribution is -2.50. The Morgan fingerprint density at radius 3 is 2.77 bits per heavy atom. The molecule has 2 aliphatic rings. The van der Waals surface area contributed by atoms with Crippen LogP contribution in [0.15, 0.2) is 24.3 Å². The maximum Gasteiger partial charge on any atom is 0.151 e. The number of phenols is 1. The molecule has 1 unspecified atom stereocenters. The molecule has 2 aliphatic heterocycles. The lowest BCUT2D eigenvalue weighted by molar-refractivity contribution is 0.288. The Balaban J connectivity index is 1.59. The number of piperidine rings is 1. The van der Waals surface area contributed by atoms with Crippen molar-refractivity contribution in [3.05, 3.63) is 35.4 Å². The molecule has 2 aromatic rings. The number of nitrogens with zero attached hydrogens (tertiary/aromatic N) is 3. The third-order valence-corrected chi connectivity index (χ3v) is 6.03. The van der Waals surface area contributed by atoms with Gasteiger partial charge in [-0.1, -0.05) is 19.4 Å². The maximum atomic E-state index is 10.3. The van der Waals surface area contributed by atoms with Gasteiger partial charge in [0.2, 0.25) is 0 Å². The summed E-state index contributed by atoms with van der Waals surface area (Å²) in [6.45, 7) is 8.43. The van der Waals surface area contributed by atoms with Crippen LogP contribution in [0, 0.1) is 19.8 Å². The lowest BCUT2D eigenvalue weighted by Gasteiger charge is -2.37. The first kappa shape index (κ1) is 17.3. The molecular formula is C21H28N4O. The van der Waals surface area contributed by atoms with Crippen LogP contribution in [0.5, 0.6) is 5.75 Å². The fraction of sp³-hybridized carbons (Fsp3) is 0.524. The molecule has 0 spiro atoms. The molecule has 0 amide bonds. The average Bonchev–Trinajstić information content (AvgIpc) is 3.04. The van der Waals surface area contributed by atoms with Gasteiger partial charge in [0.05, 0.1) is 5.69 Å². The topological polar surface area (TPSA) is 61.3 Å². The second kappa shape index (κ2) is 6.88. The van der Waals surface area contributed by atoms with Gasteiger partial charge in [-0.2, -0.15) is 0 Å². The molecule has 2 N–H and O–H groups in total. The summed E-state index contributed by atoms with van der Waals surface area (Å²) in [5.41, 5.74) is 3.58. The molecule has 3 heterocycles. The first-order chi connectivity index (χ1) is 12.6. The quantitative estimate of drug-likeness (QED) is 0.886. The van der Waals surface area contributed by atoms with E-state index in [4.69, 9.17) is 0 Å². The van der Waals surface area contributed by atoms with Gasteiger partial charge in [-0.15, -0.1) is 10.2 Å². The molecule has 2 fully saturated rings. The van der Waals surface area contributed by atoms with Crippen LogP contribution in [0.4, 0.5) is 5.82 Å². The van der Waals surface area contributed by atoms with Gasteiger partial charge in [0, 0.05) is 24.2 Å². The van der Waals surface area contributed by atoms with E-state index in [9.17, 15) is 5.11 Å². The summed E-state index contributed by atoms with van der Waals surface area (Å²) in [7, 11) is 0. The summed E-state index contributed by atoms with van der Waals surface area (Å²) < 4.78 is 0. The predicted octanol–water partition coefficient (Wildman–Crippen LogP) is 3.43. The Morgan fingerprint density at radius 1 is 1.23 bits per heavy atom. The number of rotatable bonds is 3. The highest BCUT2D eigenvalue weighted by atomic mass is 16.3. The van der Waals surface area contributed by atoms with Gasteiger partial charge in [0.15, 0.2) is 5.82 Å². The van der Waals surface area contributed by atoms with E-state index in [0.29, 0.717) is 12.1 Å². The molecule has 0 radical (unpaired) electrons. The molecule has 138 valence electrons. The number of benzene rings is 1. The van der Waals surface area contributed by atoms with Crippen molar-refractivity contribution in [1.82, 2.24) is 15.5 Å². The Bertz CT molecular complexity index is 766. The summed E-state index contributed by atoms with van der Waals surface area (Å²) >= 11 is 0. The summed E-state index contributed by atoms with van der Waals surface area (Å²) in [5, 5.41) is 23.0. The van der Waals surface area contributed by atoms with E-state index >= 15 is 0 Å². The van der Waals surface area contributed by atoms with E-state index in [-0.39, 0.29) is 5.75 Å². The monoisotopic (exact) mass is 352 g/mol. The van der Waals surface area contributed by atoms with Crippen molar-refractivity contribution in [2.24, 2.45) is 5.92 Å². The first-order valence-electron chi connectivity index (χ1n) is 9.71. The van der Waals surface area contributed by atoms with Crippen molar-refractivity contribution in [2.75, 3.05) is 18.0 Å². The highest BCUT2D eigenvalue weighted by molar-refractivity contribution is 5.71. The smallest absolute Gasteiger partial charge is 0.151 e. The second-order valence-electron chi connectivity index (χ2n) is 7.83. The second-order valence-corrected chi connectivity index (χ2v) is 7.83. The van der Waals surface area contributed by atoms with E-state index in [0.717, 1.165) is 47.2 Å². The van der Waals surface area contributed by atoms with E-state index in [1.165, 1.54) is 19.3 Å². The van der Waals surface area contributed by atoms with Crippen molar-refractivity contribution >= 4 is 5.82 Å². The molecule has 0 aliphatic carbocycles. The zero-order valence-electron chi connectivity index (χ0n) is 15.9. The molecule has 1 aromatic carbocycles. The molecule has 2 saturated heterocycles. The van der Waals surface area contributed by atoms with Gasteiger partial charge < -0.3 is 15.3 Å². The van der Waals surface area contributed by atoms with Crippen LogP contribution in [0.25, 0.3) is 11.3 Å². The van der Waals surface area contributed by atoms with Crippen LogP contribution in [0.3, 0.4) is 0 Å². The predicted molar refractivity (Wildman–Crippen MR) is 105 cm³/mol. The van der Waals surface area contributed by atoms with Gasteiger partial charge in [0.1, 0.15) is 5.75 Å². The molecular weight excluding hydrogens is 324 g/mol. The number of aromatic hydroxyl groups is 1. The zero-order valence-corrected chi connectivity index (χ0v) is 15.9. The molecule has 5 heteroatoms. The van der Waals surface area contributed by atoms with E-state index < -0.39 is 0 Å². The van der Waals surface area contributed by atoms with Gasteiger partial charge in [-0.05, 0) is 68.5 Å². The summed E-state index contributed by atoms with van der Waals surface area (Å²) in [6, 6.07) is 8.97. The fourth-order valence-electron chi connectivity index (χ4n) is 4.61. The molecule has 5 nitrogen and oxygen atoms in total. The Hall–Kier alpha value is -2.14. The zero-order chi connectivity index (χ0) is 18.3. The molecule has 26 heavy (non-hydrogen) atoms. The molecule has 0 saturated carbocycles. The lowest BCUT2D eigenvalue weighted by atomic mass is 9.89. The molecule has 3 atom stereocenters. The van der Waals surface area contributed by atoms with Crippen LogP contribution in [-0.4, -0.2) is 40.5 Å². The highest BCUT2D eigenvalue weighted by Gasteiger charge is 2.39. The van der Waals surface area contributed by atoms with Gasteiger partial charge in [0.25, 0.3) is 0 Å². The van der Waals surface area contributed by atoms with E-state index in [1.54, 1.807) is 6.07 Å². The number of hydrogen-bond acceptors (Lipinski definition) is 5. The number of anilines is 1. The van der Waals surface area contributed by atoms with Crippen LogP contribution in [0.2, 0.25) is 0 Å². The summed E-state index contributed by atoms with van der Waals surface area (Å²) in [4.78, 5) is 2.41. The van der Waals surface area contributed by atoms with Crippen molar-refractivity contribution in [2.45, 2.75) is 52.1 Å². The minimum absolute atomic E-state index is 0.271. The minimum Gasteiger partial charge on any atom is -0.507 e. The molecule has 0 bridgehead atoms. The highest BCUT2D eigenvalue weighted by Crippen LogP contribution is 2.35. The molecule has 4 rings (SSSR count). The summed E-state index contributed by atoms with van der Waals surface area (Å²) in [6.07, 6.45) is 3.62. The number of phenolic OH excluding ortho intramolecular Hbond substituents is 1. The van der Waals surface area contributed by atoms with E-state index in [2.05, 4.69) is 39.5 Å². The first-order valence-corrected chi connectivity index (χ1v) is 9.71. The Kier molecular flexibility index (Phi) is 4.57. The maximum absolute atomic E-state index is 10.3. The third kappa shape index (κ3) is 3.05. The van der Waals surface area contributed by atoms with E-state index in [1.807, 2.05) is 19.9 Å². The van der Waals surface area contributed by atoms with Crippen LogP contribution >= 0.6 is 0 Å². The van der Waals surface area contributed by atoms with Crippen molar-refractivity contribution in [1.29, 1.82) is 0 Å². The average molecular weight is 352 g/mol. The van der Waals surface area contributed by atoms with Crippen LogP contribution < -0.4 is 10.2 Å². The van der Waals surface area contributed by atoms with Crippen molar-refractivity contribution < 1.29 is 5.11 Å². The number of aromatic nitrogens is 2. The standard InChI is InChI=1S/C21H28N4O/c1-4-15-11-18-16(22-12-15)7-8-25(18)20-6-5-17(23-24-20)21-14(3)9-13(2)10-19(21)26/h5-6,9-10,15-16,18,22,26H,4,7-8,11-12H2,1-3H3/t15?,16-,18+/m0/s1. The Labute approximate surface area is 155 Å². The number of fused-ring (bicyclic) bond motifs is 1. The number of nitrogens with one attached hydrogen (secondary N) is 1. The SMILES string of the molecule is CCC1CN[C@H]2CCN(c3ccc(-c4c(C)cc(C)cc4O)nn3)[C@@H]2C1. The van der Waals surface area contributed by atoms with Crippen LogP contribution in [0.1, 0.15) is 37.3 Å². The van der Waals surface area contributed by atoms with Gasteiger partial charge in [-0.25, -0.2) is 0 Å². The van der Waals surface area contributed by atoms with Gasteiger partial charge in [-0.3, -0.25) is 0 Å². The number of aryl methyl sites for hydroxylation is 2. The van der Waals surface area contributed by atoms with Crippen molar-refractivity contribution in [3.8, 4) is 17.0 Å². The number of hydrogen-bond donors (Lipinski definition) is 2.